The molecule has 0 spiro atoms. The number of ether oxygens (including phenoxy) is 1. The molecule has 3 nitrogen and oxygen atoms in total. The van der Waals surface area contributed by atoms with Crippen molar-refractivity contribution in [3.8, 4) is 5.75 Å². The van der Waals surface area contributed by atoms with E-state index in [-0.39, 0.29) is 12.5 Å². The Morgan fingerprint density at radius 3 is 2.70 bits per heavy atom. The number of hydrogen-bond acceptors (Lipinski definition) is 2. The van der Waals surface area contributed by atoms with Crippen LogP contribution < -0.4 is 10.1 Å². The average molecular weight is 273 g/mol. The molecule has 2 aromatic carbocycles. The van der Waals surface area contributed by atoms with Crippen LogP contribution in [0.15, 0.2) is 42.5 Å². The Balaban J connectivity index is 1.94. The Morgan fingerprint density at radius 2 is 1.95 bits per heavy atom. The topological polar surface area (TPSA) is 38.3 Å². The lowest BCUT2D eigenvalue weighted by atomic mass is 10.1. The summed E-state index contributed by atoms with van der Waals surface area (Å²) in [6.45, 7) is 3.81. The molecule has 20 heavy (non-hydrogen) atoms. The first-order valence-corrected chi connectivity index (χ1v) is 6.30. The van der Waals surface area contributed by atoms with Gasteiger partial charge >= 0.3 is 0 Å². The first kappa shape index (κ1) is 14.1. The lowest BCUT2D eigenvalue weighted by Gasteiger charge is -2.11. The van der Waals surface area contributed by atoms with Crippen molar-refractivity contribution in [2.24, 2.45) is 0 Å². The number of hydrogen-bond donors (Lipinski definition) is 1. The lowest BCUT2D eigenvalue weighted by Crippen LogP contribution is -2.20. The normalized spacial score (nSPS) is 10.2. The van der Waals surface area contributed by atoms with E-state index in [1.54, 1.807) is 6.07 Å². The van der Waals surface area contributed by atoms with Gasteiger partial charge in [0.05, 0.1) is 0 Å². The van der Waals surface area contributed by atoms with Gasteiger partial charge in [-0.15, -0.1) is 0 Å². The van der Waals surface area contributed by atoms with Crippen LogP contribution >= 0.6 is 0 Å². The molecule has 0 unspecified atom stereocenters. The summed E-state index contributed by atoms with van der Waals surface area (Å²) in [5, 5.41) is 2.58. The summed E-state index contributed by atoms with van der Waals surface area (Å²) in [6, 6.07) is 11.4. The molecule has 0 atom stereocenters. The van der Waals surface area contributed by atoms with Gasteiger partial charge in [0.1, 0.15) is 11.6 Å². The molecule has 0 fully saturated rings. The van der Waals surface area contributed by atoms with Crippen molar-refractivity contribution in [1.29, 1.82) is 0 Å². The molecule has 1 N–H and O–H groups in total. The first-order chi connectivity index (χ1) is 9.56. The van der Waals surface area contributed by atoms with Gasteiger partial charge in [0.2, 0.25) is 0 Å². The molecule has 0 radical (unpaired) electrons. The quantitative estimate of drug-likeness (QED) is 0.926. The summed E-state index contributed by atoms with van der Waals surface area (Å²) in [5.74, 6) is -0.0332. The van der Waals surface area contributed by atoms with Crippen LogP contribution in [-0.2, 0) is 4.79 Å². The standard InChI is InChI=1S/C16H16FNO2/c1-11-5-3-8-15(12(11)2)20-10-16(19)18-14-7-4-6-13(17)9-14/h3-9H,10H2,1-2H3,(H,18,19). The number of nitrogens with one attached hydrogen (secondary N) is 1. The fourth-order valence-electron chi connectivity index (χ4n) is 1.79. The van der Waals surface area contributed by atoms with Crippen LogP contribution in [0.2, 0.25) is 0 Å². The fraction of sp³-hybridized carbons (Fsp3) is 0.188. The van der Waals surface area contributed by atoms with Crippen LogP contribution in [0.3, 0.4) is 0 Å². The molecule has 2 rings (SSSR count). The van der Waals surface area contributed by atoms with Gasteiger partial charge in [-0.3, -0.25) is 4.79 Å². The molecule has 0 bridgehead atoms. The van der Waals surface area contributed by atoms with Gasteiger partial charge in [0.15, 0.2) is 6.61 Å². The van der Waals surface area contributed by atoms with Crippen LogP contribution in [0.25, 0.3) is 0 Å². The number of rotatable bonds is 4. The number of benzene rings is 2. The van der Waals surface area contributed by atoms with Gasteiger partial charge in [-0.05, 0) is 49.2 Å². The second-order valence-electron chi connectivity index (χ2n) is 4.55. The van der Waals surface area contributed by atoms with E-state index in [2.05, 4.69) is 5.32 Å². The highest BCUT2D eigenvalue weighted by Gasteiger charge is 2.06. The smallest absolute Gasteiger partial charge is 0.262 e. The molecule has 0 aliphatic heterocycles. The number of carbonyl (C=O) groups is 1. The Bertz CT molecular complexity index is 626. The Kier molecular flexibility index (Phi) is 4.35. The van der Waals surface area contributed by atoms with E-state index in [1.165, 1.54) is 18.2 Å². The summed E-state index contributed by atoms with van der Waals surface area (Å²) in [4.78, 5) is 11.7. The number of aryl methyl sites for hydroxylation is 1. The maximum atomic E-state index is 13.0. The van der Waals surface area contributed by atoms with E-state index in [0.717, 1.165) is 11.1 Å². The molecule has 2 aromatic rings. The minimum Gasteiger partial charge on any atom is -0.483 e. The molecule has 1 amide bonds. The predicted molar refractivity (Wildman–Crippen MR) is 76.4 cm³/mol. The second kappa shape index (κ2) is 6.19. The van der Waals surface area contributed by atoms with Gasteiger partial charge in [0, 0.05) is 5.69 Å². The number of anilines is 1. The van der Waals surface area contributed by atoms with Crippen LogP contribution in [-0.4, -0.2) is 12.5 Å². The highest BCUT2D eigenvalue weighted by molar-refractivity contribution is 5.91. The third-order valence-corrected chi connectivity index (χ3v) is 3.02. The molecule has 0 aromatic heterocycles. The predicted octanol–water partition coefficient (Wildman–Crippen LogP) is 3.46. The highest BCUT2D eigenvalue weighted by atomic mass is 19.1. The average Bonchev–Trinajstić information content (AvgIpc) is 2.40. The second-order valence-corrected chi connectivity index (χ2v) is 4.55. The van der Waals surface area contributed by atoms with Gasteiger partial charge in [-0.1, -0.05) is 18.2 Å². The monoisotopic (exact) mass is 273 g/mol. The largest absolute Gasteiger partial charge is 0.483 e. The van der Waals surface area contributed by atoms with Crippen molar-refractivity contribution in [2.75, 3.05) is 11.9 Å². The van der Waals surface area contributed by atoms with Crippen molar-refractivity contribution in [3.05, 3.63) is 59.4 Å². The van der Waals surface area contributed by atoms with Crippen molar-refractivity contribution in [3.63, 3.8) is 0 Å². The molecular formula is C16H16FNO2. The Labute approximate surface area is 117 Å². The molecule has 0 aliphatic carbocycles. The zero-order valence-electron chi connectivity index (χ0n) is 11.4. The van der Waals surface area contributed by atoms with Crippen molar-refractivity contribution < 1.29 is 13.9 Å². The number of carbonyl (C=O) groups excluding carboxylic acids is 1. The van der Waals surface area contributed by atoms with E-state index in [9.17, 15) is 9.18 Å². The lowest BCUT2D eigenvalue weighted by molar-refractivity contribution is -0.118. The molecule has 0 saturated heterocycles. The van der Waals surface area contributed by atoms with E-state index in [1.807, 2.05) is 32.0 Å². The minimum absolute atomic E-state index is 0.110. The van der Waals surface area contributed by atoms with Crippen LogP contribution in [0.5, 0.6) is 5.75 Å². The third-order valence-electron chi connectivity index (χ3n) is 3.02. The molecule has 0 saturated carbocycles. The number of halogens is 1. The van der Waals surface area contributed by atoms with E-state index < -0.39 is 5.82 Å². The highest BCUT2D eigenvalue weighted by Crippen LogP contribution is 2.20. The zero-order chi connectivity index (χ0) is 14.5. The summed E-state index contributed by atoms with van der Waals surface area (Å²) in [5.41, 5.74) is 2.53. The Hall–Kier alpha value is -2.36. The molecular weight excluding hydrogens is 257 g/mol. The van der Waals surface area contributed by atoms with Gasteiger partial charge in [0.25, 0.3) is 5.91 Å². The van der Waals surface area contributed by atoms with Crippen LogP contribution in [0, 0.1) is 19.7 Å². The van der Waals surface area contributed by atoms with Gasteiger partial charge < -0.3 is 10.1 Å². The molecule has 4 heteroatoms. The van der Waals surface area contributed by atoms with Crippen molar-refractivity contribution in [2.45, 2.75) is 13.8 Å². The third kappa shape index (κ3) is 3.57. The van der Waals surface area contributed by atoms with E-state index >= 15 is 0 Å². The fourth-order valence-corrected chi connectivity index (χ4v) is 1.79. The van der Waals surface area contributed by atoms with Crippen LogP contribution in [0.1, 0.15) is 11.1 Å². The minimum atomic E-state index is -0.391. The summed E-state index contributed by atoms with van der Waals surface area (Å²) in [6.07, 6.45) is 0. The Morgan fingerprint density at radius 1 is 1.20 bits per heavy atom. The molecule has 0 heterocycles. The van der Waals surface area contributed by atoms with Crippen molar-refractivity contribution >= 4 is 11.6 Å². The van der Waals surface area contributed by atoms with Gasteiger partial charge in [-0.2, -0.15) is 0 Å². The summed E-state index contributed by atoms with van der Waals surface area (Å²) >= 11 is 0. The maximum absolute atomic E-state index is 13.0. The van der Waals surface area contributed by atoms with Crippen LogP contribution in [0.4, 0.5) is 10.1 Å². The zero-order valence-corrected chi connectivity index (χ0v) is 11.4. The van der Waals surface area contributed by atoms with E-state index in [0.29, 0.717) is 11.4 Å². The van der Waals surface area contributed by atoms with E-state index in [4.69, 9.17) is 4.74 Å². The SMILES string of the molecule is Cc1cccc(OCC(=O)Nc2cccc(F)c2)c1C. The number of amides is 1. The first-order valence-electron chi connectivity index (χ1n) is 6.30. The molecule has 104 valence electrons. The van der Waals surface area contributed by atoms with Crippen molar-refractivity contribution in [1.82, 2.24) is 0 Å². The maximum Gasteiger partial charge on any atom is 0.262 e. The summed E-state index contributed by atoms with van der Waals surface area (Å²) < 4.78 is 18.5. The molecule has 0 aliphatic rings. The van der Waals surface area contributed by atoms with Gasteiger partial charge in [-0.25, -0.2) is 4.39 Å². The summed E-state index contributed by atoms with van der Waals surface area (Å²) in [7, 11) is 0.